The summed E-state index contributed by atoms with van der Waals surface area (Å²) in [5, 5.41) is 0. The van der Waals surface area contributed by atoms with Crippen LogP contribution in [0.4, 0.5) is 0 Å². The lowest BCUT2D eigenvalue weighted by Crippen LogP contribution is -2.54. The van der Waals surface area contributed by atoms with Gasteiger partial charge in [-0.2, -0.15) is 17.0 Å². The molecule has 0 aliphatic carbocycles. The summed E-state index contributed by atoms with van der Waals surface area (Å²) in [7, 11) is -1.84. The number of benzene rings is 1. The molecule has 0 N–H and O–H groups in total. The molecule has 6 heteroatoms. The zero-order chi connectivity index (χ0) is 17.3. The summed E-state index contributed by atoms with van der Waals surface area (Å²) < 4.78 is 34.7. The molecular weight excluding hydrogens is 312 g/mol. The van der Waals surface area contributed by atoms with Crippen LogP contribution in [0.3, 0.4) is 0 Å². The smallest absolute Gasteiger partial charge is 0.281 e. The fourth-order valence-corrected chi connectivity index (χ4v) is 3.98. The monoisotopic (exact) mass is 340 g/mol. The highest BCUT2D eigenvalue weighted by molar-refractivity contribution is 7.86. The topological polar surface area (TPSA) is 49.9 Å². The van der Waals surface area contributed by atoms with Gasteiger partial charge in [-0.1, -0.05) is 58.0 Å². The SMILES string of the molecule is CCN(C)S(=O)(=O)N1C[C@@H](c2ccccc2)O[C@@H](C(C)(C)C)C1. The molecule has 0 bridgehead atoms. The first-order valence-electron chi connectivity index (χ1n) is 8.08. The summed E-state index contributed by atoms with van der Waals surface area (Å²) in [6.45, 7) is 9.28. The molecule has 5 nitrogen and oxygen atoms in total. The van der Waals surface area contributed by atoms with Gasteiger partial charge in [-0.3, -0.25) is 0 Å². The third kappa shape index (κ3) is 4.12. The Kier molecular flexibility index (Phi) is 5.51. The fourth-order valence-electron chi connectivity index (χ4n) is 2.61. The highest BCUT2D eigenvalue weighted by atomic mass is 32.2. The maximum absolute atomic E-state index is 12.8. The molecule has 1 aliphatic rings. The molecule has 1 saturated heterocycles. The van der Waals surface area contributed by atoms with Crippen LogP contribution < -0.4 is 0 Å². The molecule has 1 aliphatic heterocycles. The lowest BCUT2D eigenvalue weighted by Gasteiger charge is -2.43. The second kappa shape index (κ2) is 6.89. The van der Waals surface area contributed by atoms with Gasteiger partial charge in [0.05, 0.1) is 12.2 Å². The summed E-state index contributed by atoms with van der Waals surface area (Å²) in [6.07, 6.45) is -0.393. The number of hydrogen-bond acceptors (Lipinski definition) is 3. The van der Waals surface area contributed by atoms with E-state index in [0.29, 0.717) is 19.6 Å². The molecular formula is C17H28N2O3S. The Morgan fingerprint density at radius 2 is 1.83 bits per heavy atom. The van der Waals surface area contributed by atoms with E-state index in [1.54, 1.807) is 11.4 Å². The van der Waals surface area contributed by atoms with Gasteiger partial charge in [0.25, 0.3) is 10.2 Å². The molecule has 2 rings (SSSR count). The molecule has 1 aromatic rings. The van der Waals surface area contributed by atoms with Crippen molar-refractivity contribution in [1.29, 1.82) is 0 Å². The number of hydrogen-bond donors (Lipinski definition) is 0. The van der Waals surface area contributed by atoms with Gasteiger partial charge in [0, 0.05) is 26.7 Å². The van der Waals surface area contributed by atoms with Crippen LogP contribution >= 0.6 is 0 Å². The zero-order valence-corrected chi connectivity index (χ0v) is 15.5. The number of nitrogens with zero attached hydrogens (tertiary/aromatic N) is 2. The second-order valence-electron chi connectivity index (χ2n) is 7.13. The van der Waals surface area contributed by atoms with Crippen LogP contribution in [0.25, 0.3) is 0 Å². The highest BCUT2D eigenvalue weighted by Crippen LogP contribution is 2.34. The molecule has 0 saturated carbocycles. The highest BCUT2D eigenvalue weighted by Gasteiger charge is 2.40. The van der Waals surface area contributed by atoms with E-state index in [4.69, 9.17) is 4.74 Å². The third-order valence-electron chi connectivity index (χ3n) is 4.37. The van der Waals surface area contributed by atoms with Crippen molar-refractivity contribution in [2.45, 2.75) is 39.9 Å². The minimum absolute atomic E-state index is 0.133. The summed E-state index contributed by atoms with van der Waals surface area (Å²) in [5.41, 5.74) is 0.882. The summed E-state index contributed by atoms with van der Waals surface area (Å²) in [4.78, 5) is 0. The van der Waals surface area contributed by atoms with Crippen LogP contribution in [0.1, 0.15) is 39.4 Å². The van der Waals surface area contributed by atoms with E-state index in [0.717, 1.165) is 5.56 Å². The van der Waals surface area contributed by atoms with Gasteiger partial charge >= 0.3 is 0 Å². The molecule has 23 heavy (non-hydrogen) atoms. The Morgan fingerprint density at radius 1 is 1.22 bits per heavy atom. The number of ether oxygens (including phenoxy) is 1. The van der Waals surface area contributed by atoms with Crippen LogP contribution in [0.2, 0.25) is 0 Å². The van der Waals surface area contributed by atoms with Crippen molar-refractivity contribution in [3.63, 3.8) is 0 Å². The number of morpholine rings is 1. The van der Waals surface area contributed by atoms with Crippen LogP contribution in [0, 0.1) is 5.41 Å². The van der Waals surface area contributed by atoms with E-state index in [1.807, 2.05) is 37.3 Å². The molecule has 0 radical (unpaired) electrons. The van der Waals surface area contributed by atoms with Gasteiger partial charge in [0.1, 0.15) is 0 Å². The Balaban J connectivity index is 2.33. The molecule has 0 amide bonds. The third-order valence-corrected chi connectivity index (χ3v) is 6.37. The average Bonchev–Trinajstić information content (AvgIpc) is 2.53. The van der Waals surface area contributed by atoms with Crippen molar-refractivity contribution in [1.82, 2.24) is 8.61 Å². The first kappa shape index (κ1) is 18.4. The van der Waals surface area contributed by atoms with E-state index < -0.39 is 10.2 Å². The molecule has 1 heterocycles. The van der Waals surface area contributed by atoms with Crippen molar-refractivity contribution in [2.75, 3.05) is 26.7 Å². The molecule has 0 spiro atoms. The Morgan fingerprint density at radius 3 is 2.35 bits per heavy atom. The standard InChI is InChI=1S/C17H28N2O3S/c1-6-18(5)23(20,21)19-12-15(14-10-8-7-9-11-14)22-16(13-19)17(2,3)4/h7-11,15-16H,6,12-13H2,1-5H3/t15-,16+/m0/s1. The van der Waals surface area contributed by atoms with Gasteiger partial charge in [0.15, 0.2) is 0 Å². The first-order valence-corrected chi connectivity index (χ1v) is 9.47. The van der Waals surface area contributed by atoms with E-state index in [1.165, 1.54) is 4.31 Å². The van der Waals surface area contributed by atoms with Gasteiger partial charge in [0.2, 0.25) is 0 Å². The van der Waals surface area contributed by atoms with E-state index in [9.17, 15) is 8.42 Å². The first-order chi connectivity index (χ1) is 10.7. The minimum Gasteiger partial charge on any atom is -0.367 e. The molecule has 0 aromatic heterocycles. The number of rotatable bonds is 4. The quantitative estimate of drug-likeness (QED) is 0.847. The molecule has 0 unspecified atom stereocenters. The van der Waals surface area contributed by atoms with Crippen molar-refractivity contribution < 1.29 is 13.2 Å². The predicted molar refractivity (Wildman–Crippen MR) is 92.3 cm³/mol. The maximum Gasteiger partial charge on any atom is 0.281 e. The largest absolute Gasteiger partial charge is 0.367 e. The van der Waals surface area contributed by atoms with Crippen LogP contribution in [0.15, 0.2) is 30.3 Å². The van der Waals surface area contributed by atoms with Crippen molar-refractivity contribution in [3.05, 3.63) is 35.9 Å². The van der Waals surface area contributed by atoms with E-state index in [2.05, 4.69) is 20.8 Å². The summed E-state index contributed by atoms with van der Waals surface area (Å²) in [6, 6.07) is 9.84. The zero-order valence-electron chi connectivity index (χ0n) is 14.7. The fraction of sp³-hybridized carbons (Fsp3) is 0.647. The second-order valence-corrected chi connectivity index (χ2v) is 9.16. The Hall–Kier alpha value is -0.950. The van der Waals surface area contributed by atoms with Crippen LogP contribution in [0.5, 0.6) is 0 Å². The van der Waals surface area contributed by atoms with Gasteiger partial charge in [-0.05, 0) is 11.0 Å². The molecule has 1 aromatic carbocycles. The van der Waals surface area contributed by atoms with Crippen LogP contribution in [-0.4, -0.2) is 49.8 Å². The van der Waals surface area contributed by atoms with E-state index in [-0.39, 0.29) is 17.6 Å². The molecule has 1 fully saturated rings. The summed E-state index contributed by atoms with van der Waals surface area (Å²) >= 11 is 0. The van der Waals surface area contributed by atoms with Gasteiger partial charge < -0.3 is 4.74 Å². The van der Waals surface area contributed by atoms with Gasteiger partial charge in [-0.25, -0.2) is 0 Å². The normalized spacial score (nSPS) is 24.1. The predicted octanol–water partition coefficient (Wildman–Crippen LogP) is 2.67. The maximum atomic E-state index is 12.8. The van der Waals surface area contributed by atoms with Crippen molar-refractivity contribution in [3.8, 4) is 0 Å². The lowest BCUT2D eigenvalue weighted by molar-refractivity contribution is -0.111. The molecule has 130 valence electrons. The Labute approximate surface area is 140 Å². The molecule has 2 atom stereocenters. The van der Waals surface area contributed by atoms with Crippen LogP contribution in [-0.2, 0) is 14.9 Å². The van der Waals surface area contributed by atoms with Gasteiger partial charge in [-0.15, -0.1) is 0 Å². The lowest BCUT2D eigenvalue weighted by atomic mass is 9.87. The summed E-state index contributed by atoms with van der Waals surface area (Å²) in [5.74, 6) is 0. The van der Waals surface area contributed by atoms with Crippen molar-refractivity contribution in [2.24, 2.45) is 5.41 Å². The van der Waals surface area contributed by atoms with Crippen molar-refractivity contribution >= 4 is 10.2 Å². The van der Waals surface area contributed by atoms with E-state index >= 15 is 0 Å². The minimum atomic E-state index is -3.46. The Bertz CT molecular complexity index is 610. The average molecular weight is 340 g/mol.